The zero-order valence-electron chi connectivity index (χ0n) is 17.2. The summed E-state index contributed by atoms with van der Waals surface area (Å²) in [6.45, 7) is 9.74. The first-order chi connectivity index (χ1) is 13.7. The standard InChI is InChI=1S/C23H26BrNO4/c1-6-9-29-22(27)19-13(2)25-16-11-23(3,4)12-17(26)21(16)20(19)14-7-8-18(28-5)15(24)10-14/h6-8,10,20,25H,1,9,11-12H2,2-5H3/t20-/m1/s1. The minimum atomic E-state index is -0.491. The molecule has 1 N–H and O–H groups in total. The van der Waals surface area contributed by atoms with Gasteiger partial charge in [-0.2, -0.15) is 0 Å². The highest BCUT2D eigenvalue weighted by molar-refractivity contribution is 9.10. The second kappa shape index (κ2) is 8.19. The van der Waals surface area contributed by atoms with Crippen molar-refractivity contribution in [2.24, 2.45) is 5.41 Å². The lowest BCUT2D eigenvalue weighted by Gasteiger charge is -2.39. The van der Waals surface area contributed by atoms with Gasteiger partial charge in [0, 0.05) is 29.3 Å². The number of halogens is 1. The lowest BCUT2D eigenvalue weighted by Crippen LogP contribution is -2.38. The molecule has 6 heteroatoms. The highest BCUT2D eigenvalue weighted by Gasteiger charge is 2.43. The quantitative estimate of drug-likeness (QED) is 0.506. The van der Waals surface area contributed by atoms with Crippen LogP contribution in [0, 0.1) is 5.41 Å². The maximum Gasteiger partial charge on any atom is 0.337 e. The Morgan fingerprint density at radius 2 is 2.10 bits per heavy atom. The number of carbonyl (C=O) groups excluding carboxylic acids is 2. The SMILES string of the molecule is C=CCOC(=O)C1=C(C)NC2=C(C(=O)CC(C)(C)C2)[C@@H]1c1ccc(OC)c(Br)c1. The van der Waals surface area contributed by atoms with Crippen LogP contribution in [0.3, 0.4) is 0 Å². The number of methoxy groups -OCH3 is 1. The predicted molar refractivity (Wildman–Crippen MR) is 115 cm³/mol. The van der Waals surface area contributed by atoms with E-state index in [1.807, 2.05) is 25.1 Å². The molecule has 0 saturated heterocycles. The number of hydrogen-bond donors (Lipinski definition) is 1. The van der Waals surface area contributed by atoms with Gasteiger partial charge in [0.15, 0.2) is 5.78 Å². The van der Waals surface area contributed by atoms with Crippen LogP contribution in [0.5, 0.6) is 5.75 Å². The van der Waals surface area contributed by atoms with Crippen LogP contribution in [0.4, 0.5) is 0 Å². The van der Waals surface area contributed by atoms with Crippen molar-refractivity contribution in [1.82, 2.24) is 5.32 Å². The van der Waals surface area contributed by atoms with E-state index in [1.54, 1.807) is 7.11 Å². The van der Waals surface area contributed by atoms with E-state index >= 15 is 0 Å². The molecule has 1 aliphatic carbocycles. The molecule has 3 rings (SSSR count). The number of hydrogen-bond acceptors (Lipinski definition) is 5. The van der Waals surface area contributed by atoms with Gasteiger partial charge in [-0.05, 0) is 52.4 Å². The van der Waals surface area contributed by atoms with Crippen LogP contribution in [0.15, 0.2) is 57.9 Å². The third-order valence-electron chi connectivity index (χ3n) is 5.30. The zero-order chi connectivity index (χ0) is 21.3. The van der Waals surface area contributed by atoms with E-state index in [0.29, 0.717) is 29.0 Å². The molecule has 0 spiro atoms. The number of ether oxygens (including phenoxy) is 2. The van der Waals surface area contributed by atoms with Gasteiger partial charge in [-0.3, -0.25) is 4.79 Å². The topological polar surface area (TPSA) is 64.6 Å². The molecule has 154 valence electrons. The van der Waals surface area contributed by atoms with E-state index < -0.39 is 11.9 Å². The lowest BCUT2D eigenvalue weighted by molar-refractivity contribution is -0.138. The number of ketones is 1. The monoisotopic (exact) mass is 459 g/mol. The van der Waals surface area contributed by atoms with Crippen LogP contribution in [-0.2, 0) is 14.3 Å². The van der Waals surface area contributed by atoms with E-state index in [4.69, 9.17) is 9.47 Å². The van der Waals surface area contributed by atoms with E-state index in [-0.39, 0.29) is 17.8 Å². The van der Waals surface area contributed by atoms with E-state index in [1.165, 1.54) is 6.08 Å². The van der Waals surface area contributed by atoms with Crippen LogP contribution in [0.25, 0.3) is 0 Å². The molecule has 1 heterocycles. The third-order valence-corrected chi connectivity index (χ3v) is 5.92. The van der Waals surface area contributed by atoms with Crippen molar-refractivity contribution in [3.8, 4) is 5.75 Å². The number of rotatable bonds is 5. The molecular weight excluding hydrogens is 434 g/mol. The number of carbonyl (C=O) groups is 2. The van der Waals surface area contributed by atoms with E-state index in [2.05, 4.69) is 41.7 Å². The first-order valence-corrected chi connectivity index (χ1v) is 10.3. The highest BCUT2D eigenvalue weighted by atomic mass is 79.9. The Morgan fingerprint density at radius 3 is 2.72 bits per heavy atom. The third kappa shape index (κ3) is 4.17. The van der Waals surface area contributed by atoms with Crippen molar-refractivity contribution < 1.29 is 19.1 Å². The van der Waals surface area contributed by atoms with Gasteiger partial charge in [-0.25, -0.2) is 4.79 Å². The summed E-state index contributed by atoms with van der Waals surface area (Å²) < 4.78 is 11.5. The summed E-state index contributed by atoms with van der Waals surface area (Å²) in [5, 5.41) is 3.32. The summed E-state index contributed by atoms with van der Waals surface area (Å²) in [6, 6.07) is 5.63. The molecule has 0 fully saturated rings. The molecule has 0 bridgehead atoms. The number of allylic oxidation sites excluding steroid dienone is 3. The van der Waals surface area contributed by atoms with E-state index in [0.717, 1.165) is 22.2 Å². The van der Waals surface area contributed by atoms with Gasteiger partial charge in [-0.15, -0.1) is 0 Å². The van der Waals surface area contributed by atoms with Crippen molar-refractivity contribution in [3.63, 3.8) is 0 Å². The van der Waals surface area contributed by atoms with Gasteiger partial charge < -0.3 is 14.8 Å². The first kappa shape index (κ1) is 21.4. The molecule has 0 amide bonds. The molecule has 29 heavy (non-hydrogen) atoms. The smallest absolute Gasteiger partial charge is 0.337 e. The molecule has 2 aliphatic rings. The average Bonchev–Trinajstić information content (AvgIpc) is 2.63. The van der Waals surface area contributed by atoms with Gasteiger partial charge in [0.2, 0.25) is 0 Å². The van der Waals surface area contributed by atoms with Gasteiger partial charge in [0.1, 0.15) is 12.4 Å². The average molecular weight is 460 g/mol. The summed E-state index contributed by atoms with van der Waals surface area (Å²) >= 11 is 3.52. The summed E-state index contributed by atoms with van der Waals surface area (Å²) in [6.07, 6.45) is 2.71. The molecule has 0 unspecified atom stereocenters. The van der Waals surface area contributed by atoms with Crippen LogP contribution in [-0.4, -0.2) is 25.5 Å². The minimum absolute atomic E-state index is 0.0576. The van der Waals surface area contributed by atoms with Crippen LogP contribution >= 0.6 is 15.9 Å². The Morgan fingerprint density at radius 1 is 1.38 bits per heavy atom. The Hall–Kier alpha value is -2.34. The number of Topliss-reactive ketones (excluding diaryl/α,β-unsaturated/α-hetero) is 1. The molecule has 1 aromatic carbocycles. The zero-order valence-corrected chi connectivity index (χ0v) is 18.8. The molecule has 1 aliphatic heterocycles. The molecule has 1 atom stereocenters. The Balaban J connectivity index is 2.17. The van der Waals surface area contributed by atoms with Crippen LogP contribution < -0.4 is 10.1 Å². The minimum Gasteiger partial charge on any atom is -0.496 e. The maximum absolute atomic E-state index is 13.2. The molecule has 0 radical (unpaired) electrons. The van der Waals surface area contributed by atoms with Crippen molar-refractivity contribution in [1.29, 1.82) is 0 Å². The van der Waals surface area contributed by atoms with Gasteiger partial charge >= 0.3 is 5.97 Å². The van der Waals surface area contributed by atoms with Gasteiger partial charge in [-0.1, -0.05) is 32.6 Å². The molecule has 5 nitrogen and oxygen atoms in total. The highest BCUT2D eigenvalue weighted by Crippen LogP contribution is 2.47. The van der Waals surface area contributed by atoms with Crippen LogP contribution in [0.2, 0.25) is 0 Å². The van der Waals surface area contributed by atoms with Crippen molar-refractivity contribution >= 4 is 27.7 Å². The Kier molecular flexibility index (Phi) is 6.03. The number of dihydropyridines is 1. The van der Waals surface area contributed by atoms with Crippen LogP contribution in [0.1, 0.15) is 45.1 Å². The maximum atomic E-state index is 13.2. The normalized spacial score (nSPS) is 20.7. The summed E-state index contributed by atoms with van der Waals surface area (Å²) in [7, 11) is 1.60. The second-order valence-electron chi connectivity index (χ2n) is 8.21. The molecule has 0 saturated carbocycles. The second-order valence-corrected chi connectivity index (χ2v) is 9.07. The first-order valence-electron chi connectivity index (χ1n) is 9.54. The van der Waals surface area contributed by atoms with Gasteiger partial charge in [0.05, 0.1) is 17.2 Å². The number of benzene rings is 1. The fourth-order valence-electron chi connectivity index (χ4n) is 4.11. The van der Waals surface area contributed by atoms with Crippen molar-refractivity contribution in [3.05, 3.63) is 63.4 Å². The van der Waals surface area contributed by atoms with Gasteiger partial charge in [0.25, 0.3) is 0 Å². The summed E-state index contributed by atoms with van der Waals surface area (Å²) in [5.41, 5.74) is 3.41. The fraction of sp³-hybridized carbons (Fsp3) is 0.391. The number of nitrogens with one attached hydrogen (secondary N) is 1. The number of esters is 1. The van der Waals surface area contributed by atoms with Crippen molar-refractivity contribution in [2.45, 2.75) is 39.5 Å². The largest absolute Gasteiger partial charge is 0.496 e. The fourth-order valence-corrected chi connectivity index (χ4v) is 4.67. The Bertz CT molecular complexity index is 942. The molecule has 0 aromatic heterocycles. The van der Waals surface area contributed by atoms with E-state index in [9.17, 15) is 9.59 Å². The summed E-state index contributed by atoms with van der Waals surface area (Å²) in [5.74, 6) is -0.197. The van der Waals surface area contributed by atoms with Crippen molar-refractivity contribution in [2.75, 3.05) is 13.7 Å². The summed E-state index contributed by atoms with van der Waals surface area (Å²) in [4.78, 5) is 26.1. The Labute approximate surface area is 180 Å². The lowest BCUT2D eigenvalue weighted by atomic mass is 9.68. The predicted octanol–water partition coefficient (Wildman–Crippen LogP) is 4.79. The molecular formula is C23H26BrNO4. The molecule has 1 aromatic rings.